The van der Waals surface area contributed by atoms with E-state index in [-0.39, 0.29) is 5.38 Å². The van der Waals surface area contributed by atoms with E-state index in [0.29, 0.717) is 17.6 Å². The van der Waals surface area contributed by atoms with E-state index < -0.39 is 0 Å². The number of fused-ring (bicyclic) bond motifs is 1. The van der Waals surface area contributed by atoms with E-state index in [9.17, 15) is 5.26 Å². The number of aromatic nitrogens is 3. The molecule has 104 valence electrons. The van der Waals surface area contributed by atoms with Gasteiger partial charge in [-0.1, -0.05) is 12.1 Å². The van der Waals surface area contributed by atoms with E-state index in [4.69, 9.17) is 11.6 Å². The normalized spacial score (nSPS) is 12.2. The van der Waals surface area contributed by atoms with E-state index in [1.165, 1.54) is 0 Å². The highest BCUT2D eigenvalue weighted by Gasteiger charge is 2.17. The number of alkyl halides is 1. The minimum Gasteiger partial charge on any atom is -0.322 e. The molecule has 4 nitrogen and oxygen atoms in total. The molecule has 3 aromatic rings. The van der Waals surface area contributed by atoms with Gasteiger partial charge in [-0.25, -0.2) is 4.98 Å². The molecule has 2 aromatic heterocycles. The van der Waals surface area contributed by atoms with Crippen molar-refractivity contribution in [2.45, 2.75) is 18.8 Å². The van der Waals surface area contributed by atoms with Crippen molar-refractivity contribution in [3.05, 3.63) is 59.7 Å². The fourth-order valence-electron chi connectivity index (χ4n) is 2.40. The number of nitrogens with zero attached hydrogens (tertiary/aromatic N) is 4. The van der Waals surface area contributed by atoms with Crippen LogP contribution in [-0.4, -0.2) is 14.5 Å². The molecular weight excluding hydrogens is 284 g/mol. The average molecular weight is 297 g/mol. The zero-order valence-electron chi connectivity index (χ0n) is 11.5. The lowest BCUT2D eigenvalue weighted by Gasteiger charge is -2.10. The molecule has 0 aliphatic heterocycles. The topological polar surface area (TPSA) is 54.5 Å². The molecule has 0 saturated heterocycles. The van der Waals surface area contributed by atoms with Gasteiger partial charge in [0.05, 0.1) is 23.0 Å². The predicted molar refractivity (Wildman–Crippen MR) is 82.1 cm³/mol. The second kappa shape index (κ2) is 5.55. The summed E-state index contributed by atoms with van der Waals surface area (Å²) in [6, 6.07) is 11.7. The van der Waals surface area contributed by atoms with Crippen molar-refractivity contribution in [3.63, 3.8) is 0 Å². The highest BCUT2D eigenvalue weighted by Crippen LogP contribution is 2.27. The smallest absolute Gasteiger partial charge is 0.128 e. The van der Waals surface area contributed by atoms with Crippen molar-refractivity contribution in [3.8, 4) is 6.07 Å². The first-order chi connectivity index (χ1) is 10.2. The molecule has 0 saturated carbocycles. The monoisotopic (exact) mass is 296 g/mol. The lowest BCUT2D eigenvalue weighted by Crippen LogP contribution is -2.05. The lowest BCUT2D eigenvalue weighted by molar-refractivity contribution is 0.740. The van der Waals surface area contributed by atoms with Crippen LogP contribution in [0.5, 0.6) is 0 Å². The Balaban J connectivity index is 2.20. The molecule has 1 atom stereocenters. The quantitative estimate of drug-likeness (QED) is 0.693. The maximum Gasteiger partial charge on any atom is 0.128 e. The summed E-state index contributed by atoms with van der Waals surface area (Å²) >= 11 is 6.26. The first-order valence-corrected chi connectivity index (χ1v) is 7.06. The van der Waals surface area contributed by atoms with Crippen LogP contribution < -0.4 is 0 Å². The van der Waals surface area contributed by atoms with Crippen LogP contribution >= 0.6 is 11.6 Å². The number of rotatable bonds is 3. The number of para-hydroxylation sites is 1. The van der Waals surface area contributed by atoms with Gasteiger partial charge in [0.1, 0.15) is 17.4 Å². The summed E-state index contributed by atoms with van der Waals surface area (Å²) in [5, 5.41) is 8.99. The molecule has 2 heterocycles. The minimum atomic E-state index is -0.236. The second-order valence-electron chi connectivity index (χ2n) is 4.82. The van der Waals surface area contributed by atoms with E-state index in [0.717, 1.165) is 16.9 Å². The van der Waals surface area contributed by atoms with E-state index in [2.05, 4.69) is 16.0 Å². The van der Waals surface area contributed by atoms with Crippen LogP contribution in [-0.2, 0) is 6.54 Å². The molecule has 3 rings (SSSR count). The Labute approximate surface area is 127 Å². The van der Waals surface area contributed by atoms with Crippen molar-refractivity contribution < 1.29 is 0 Å². The number of imidazole rings is 1. The Hall–Kier alpha value is -2.38. The van der Waals surface area contributed by atoms with Crippen LogP contribution in [0.1, 0.15) is 29.3 Å². The fraction of sp³-hybridized carbons (Fsp3) is 0.188. The molecule has 0 fully saturated rings. The van der Waals surface area contributed by atoms with Gasteiger partial charge in [0.15, 0.2) is 0 Å². The van der Waals surface area contributed by atoms with E-state index >= 15 is 0 Å². The summed E-state index contributed by atoms with van der Waals surface area (Å²) in [6.07, 6.45) is 3.57. The van der Waals surface area contributed by atoms with Gasteiger partial charge in [0.25, 0.3) is 0 Å². The van der Waals surface area contributed by atoms with Gasteiger partial charge in [0, 0.05) is 12.4 Å². The zero-order valence-corrected chi connectivity index (χ0v) is 12.2. The van der Waals surface area contributed by atoms with E-state index in [1.54, 1.807) is 12.3 Å². The molecule has 0 bridgehead atoms. The Morgan fingerprint density at radius 2 is 2.19 bits per heavy atom. The molecule has 5 heteroatoms. The Kier molecular flexibility index (Phi) is 3.59. The molecule has 0 radical (unpaired) electrons. The van der Waals surface area contributed by atoms with Crippen LogP contribution in [0.15, 0.2) is 42.7 Å². The number of benzene rings is 1. The minimum absolute atomic E-state index is 0.236. The summed E-state index contributed by atoms with van der Waals surface area (Å²) in [5.74, 6) is 0.762. The van der Waals surface area contributed by atoms with Crippen molar-refractivity contribution in [1.29, 1.82) is 5.26 Å². The third kappa shape index (κ3) is 2.48. The standard InChI is InChI=1S/C16H13ClN4/c1-11(17)16-20-15-13(8-18)5-2-6-14(15)21(16)10-12-4-3-7-19-9-12/h2-7,9,11H,10H2,1H3. The second-order valence-corrected chi connectivity index (χ2v) is 5.47. The van der Waals surface area contributed by atoms with Gasteiger partial charge in [-0.2, -0.15) is 5.26 Å². The van der Waals surface area contributed by atoms with Gasteiger partial charge in [0.2, 0.25) is 0 Å². The summed E-state index contributed by atoms with van der Waals surface area (Å²) < 4.78 is 2.05. The third-order valence-electron chi connectivity index (χ3n) is 3.35. The zero-order chi connectivity index (χ0) is 14.8. The number of hydrogen-bond acceptors (Lipinski definition) is 3. The molecule has 0 aliphatic carbocycles. The molecule has 0 spiro atoms. The van der Waals surface area contributed by atoms with Crippen molar-refractivity contribution in [2.75, 3.05) is 0 Å². The third-order valence-corrected chi connectivity index (χ3v) is 3.54. The van der Waals surface area contributed by atoms with Crippen molar-refractivity contribution in [2.24, 2.45) is 0 Å². The maximum absolute atomic E-state index is 9.22. The first-order valence-electron chi connectivity index (χ1n) is 6.63. The van der Waals surface area contributed by atoms with Gasteiger partial charge in [-0.3, -0.25) is 4.98 Å². The largest absolute Gasteiger partial charge is 0.322 e. The lowest BCUT2D eigenvalue weighted by atomic mass is 10.2. The summed E-state index contributed by atoms with van der Waals surface area (Å²) in [5.41, 5.74) is 3.25. The van der Waals surface area contributed by atoms with Crippen LogP contribution in [0.2, 0.25) is 0 Å². The highest BCUT2D eigenvalue weighted by atomic mass is 35.5. The highest BCUT2D eigenvalue weighted by molar-refractivity contribution is 6.20. The van der Waals surface area contributed by atoms with Gasteiger partial charge >= 0.3 is 0 Å². The fourth-order valence-corrected chi connectivity index (χ4v) is 2.57. The SMILES string of the molecule is CC(Cl)c1nc2c(C#N)cccc2n1Cc1cccnc1. The average Bonchev–Trinajstić information content (AvgIpc) is 2.87. The predicted octanol–water partition coefficient (Wildman–Crippen LogP) is 3.65. The van der Waals surface area contributed by atoms with Crippen molar-refractivity contribution in [1.82, 2.24) is 14.5 Å². The first kappa shape index (κ1) is 13.6. The summed E-state index contributed by atoms with van der Waals surface area (Å²) in [4.78, 5) is 8.70. The molecular formula is C16H13ClN4. The molecule has 0 N–H and O–H groups in total. The van der Waals surface area contributed by atoms with Crippen LogP contribution in [0.25, 0.3) is 11.0 Å². The number of halogens is 1. The maximum atomic E-state index is 9.22. The van der Waals surface area contributed by atoms with Gasteiger partial charge in [-0.15, -0.1) is 11.6 Å². The number of hydrogen-bond donors (Lipinski definition) is 0. The summed E-state index contributed by atoms with van der Waals surface area (Å²) in [6.45, 7) is 2.51. The Morgan fingerprint density at radius 3 is 2.86 bits per heavy atom. The molecule has 21 heavy (non-hydrogen) atoms. The summed E-state index contributed by atoms with van der Waals surface area (Å²) in [7, 11) is 0. The molecule has 0 aliphatic rings. The Bertz CT molecular complexity index is 815. The van der Waals surface area contributed by atoms with Gasteiger partial charge in [-0.05, 0) is 30.7 Å². The Morgan fingerprint density at radius 1 is 1.33 bits per heavy atom. The molecule has 0 amide bonds. The van der Waals surface area contributed by atoms with Crippen LogP contribution in [0.4, 0.5) is 0 Å². The van der Waals surface area contributed by atoms with Crippen LogP contribution in [0.3, 0.4) is 0 Å². The number of nitriles is 1. The van der Waals surface area contributed by atoms with Gasteiger partial charge < -0.3 is 4.57 Å². The molecule has 1 aromatic carbocycles. The van der Waals surface area contributed by atoms with Crippen molar-refractivity contribution >= 4 is 22.6 Å². The van der Waals surface area contributed by atoms with Crippen LogP contribution in [0, 0.1) is 11.3 Å². The number of pyridine rings is 1. The van der Waals surface area contributed by atoms with E-state index in [1.807, 2.05) is 42.0 Å². The molecule has 1 unspecified atom stereocenters.